The van der Waals surface area contributed by atoms with Crippen LogP contribution in [0.5, 0.6) is 0 Å². The Morgan fingerprint density at radius 3 is 2.88 bits per heavy atom. The van der Waals surface area contributed by atoms with Crippen molar-refractivity contribution in [3.8, 4) is 6.07 Å². The number of para-hydroxylation sites is 1. The third-order valence-corrected chi connectivity index (χ3v) is 5.98. The Hall–Kier alpha value is -2.11. The molecule has 0 spiro atoms. The number of carbonyl (C=O) groups excluding carboxylic acids is 1. The molecular weight excluding hydrogens is 354 g/mol. The van der Waals surface area contributed by atoms with Crippen molar-refractivity contribution in [1.82, 2.24) is 10.2 Å². The minimum absolute atomic E-state index is 0.162. The van der Waals surface area contributed by atoms with Gasteiger partial charge in [0.2, 0.25) is 11.0 Å². The van der Waals surface area contributed by atoms with Crippen LogP contribution in [0.1, 0.15) is 37.7 Å². The first-order chi connectivity index (χ1) is 12.2. The number of carbonyl (C=O) groups is 1. The molecule has 2 N–H and O–H groups in total. The van der Waals surface area contributed by atoms with Crippen molar-refractivity contribution in [3.63, 3.8) is 0 Å². The van der Waals surface area contributed by atoms with Gasteiger partial charge >= 0.3 is 0 Å². The number of amides is 1. The Labute approximate surface area is 155 Å². The summed E-state index contributed by atoms with van der Waals surface area (Å²) in [6.45, 7) is 0. The van der Waals surface area contributed by atoms with Crippen molar-refractivity contribution in [3.05, 3.63) is 29.8 Å². The summed E-state index contributed by atoms with van der Waals surface area (Å²) in [6.07, 6.45) is 6.22. The Bertz CT molecular complexity index is 764. The molecule has 0 saturated heterocycles. The minimum Gasteiger partial charge on any atom is -0.357 e. The number of benzene rings is 1. The van der Waals surface area contributed by atoms with Gasteiger partial charge in [0, 0.05) is 6.04 Å². The summed E-state index contributed by atoms with van der Waals surface area (Å²) in [6, 6.07) is 9.51. The Morgan fingerprint density at radius 2 is 2.08 bits per heavy atom. The summed E-state index contributed by atoms with van der Waals surface area (Å²) < 4.78 is 0.766. The zero-order chi connectivity index (χ0) is 17.5. The quantitative estimate of drug-likeness (QED) is 0.747. The van der Waals surface area contributed by atoms with Gasteiger partial charge in [0.15, 0.2) is 4.34 Å². The number of thioether (sulfide) groups is 1. The number of hydrogen-bond acceptors (Lipinski definition) is 7. The molecule has 6 nitrogen and oxygen atoms in total. The first kappa shape index (κ1) is 17.7. The normalized spacial score (nSPS) is 14.7. The third-order valence-electron chi connectivity index (χ3n) is 3.99. The van der Waals surface area contributed by atoms with Gasteiger partial charge in [-0.3, -0.25) is 4.79 Å². The average Bonchev–Trinajstić information content (AvgIpc) is 3.09. The molecule has 1 aliphatic carbocycles. The summed E-state index contributed by atoms with van der Waals surface area (Å²) >= 11 is 2.83. The third kappa shape index (κ3) is 5.18. The highest BCUT2D eigenvalue weighted by Crippen LogP contribution is 2.28. The van der Waals surface area contributed by atoms with Crippen LogP contribution in [0.3, 0.4) is 0 Å². The van der Waals surface area contributed by atoms with Crippen molar-refractivity contribution >= 4 is 39.8 Å². The maximum absolute atomic E-state index is 12.1. The van der Waals surface area contributed by atoms with Crippen molar-refractivity contribution in [2.45, 2.75) is 42.5 Å². The second kappa shape index (κ2) is 8.83. The largest absolute Gasteiger partial charge is 0.357 e. The molecule has 1 amide bonds. The first-order valence-electron chi connectivity index (χ1n) is 8.26. The molecule has 0 bridgehead atoms. The van der Waals surface area contributed by atoms with Crippen molar-refractivity contribution < 1.29 is 4.79 Å². The number of nitriles is 1. The standard InChI is InChI=1S/C17H19N5OS2/c18-10-12-6-4-5-9-14(12)20-15(23)11-24-17-22-21-16(25-17)19-13-7-2-1-3-8-13/h4-6,9,13H,1-3,7-8,11H2,(H,19,21)(H,20,23). The Morgan fingerprint density at radius 1 is 1.28 bits per heavy atom. The molecule has 1 aromatic carbocycles. The molecule has 1 aliphatic rings. The second-order valence-corrected chi connectivity index (χ2v) is 8.05. The summed E-state index contributed by atoms with van der Waals surface area (Å²) in [7, 11) is 0. The highest BCUT2D eigenvalue weighted by molar-refractivity contribution is 8.01. The molecule has 0 radical (unpaired) electrons. The predicted octanol–water partition coefficient (Wildman–Crippen LogP) is 3.89. The lowest BCUT2D eigenvalue weighted by Gasteiger charge is -2.21. The maximum atomic E-state index is 12.1. The molecule has 1 heterocycles. The molecule has 2 aromatic rings. The van der Waals surface area contributed by atoms with Crippen LogP contribution in [-0.4, -0.2) is 27.9 Å². The molecule has 1 saturated carbocycles. The van der Waals surface area contributed by atoms with Gasteiger partial charge < -0.3 is 10.6 Å². The molecule has 0 unspecified atom stereocenters. The van der Waals surface area contributed by atoms with Crippen LogP contribution in [0.25, 0.3) is 0 Å². The average molecular weight is 374 g/mol. The molecule has 0 aliphatic heterocycles. The van der Waals surface area contributed by atoms with Gasteiger partial charge in [-0.05, 0) is 25.0 Å². The van der Waals surface area contributed by atoms with E-state index in [0.717, 1.165) is 9.47 Å². The molecular formula is C17H19N5OS2. The summed E-state index contributed by atoms with van der Waals surface area (Å²) in [4.78, 5) is 12.1. The van der Waals surface area contributed by atoms with Crippen molar-refractivity contribution in [2.24, 2.45) is 0 Å². The number of nitrogens with zero attached hydrogens (tertiary/aromatic N) is 3. The van der Waals surface area contributed by atoms with E-state index < -0.39 is 0 Å². The SMILES string of the molecule is N#Cc1ccccc1NC(=O)CSc1nnc(NC2CCCCC2)s1. The summed E-state index contributed by atoms with van der Waals surface area (Å²) in [5, 5.41) is 24.4. The molecule has 3 rings (SSSR count). The molecule has 25 heavy (non-hydrogen) atoms. The fourth-order valence-corrected chi connectivity index (χ4v) is 4.38. The predicted molar refractivity (Wildman–Crippen MR) is 101 cm³/mol. The van der Waals surface area contributed by atoms with E-state index in [1.165, 1.54) is 55.2 Å². The van der Waals surface area contributed by atoms with Crippen LogP contribution < -0.4 is 10.6 Å². The highest BCUT2D eigenvalue weighted by atomic mass is 32.2. The van der Waals surface area contributed by atoms with E-state index in [4.69, 9.17) is 5.26 Å². The molecule has 1 aromatic heterocycles. The van der Waals surface area contributed by atoms with Crippen LogP contribution in [0.2, 0.25) is 0 Å². The molecule has 130 valence electrons. The van der Waals surface area contributed by atoms with Crippen LogP contribution in [0.15, 0.2) is 28.6 Å². The molecule has 0 atom stereocenters. The number of rotatable bonds is 6. The molecule has 8 heteroatoms. The fraction of sp³-hybridized carbons (Fsp3) is 0.412. The number of anilines is 2. The smallest absolute Gasteiger partial charge is 0.234 e. The van der Waals surface area contributed by atoms with E-state index >= 15 is 0 Å². The lowest BCUT2D eigenvalue weighted by Crippen LogP contribution is -2.21. The highest BCUT2D eigenvalue weighted by Gasteiger charge is 2.15. The van der Waals surface area contributed by atoms with Crippen molar-refractivity contribution in [1.29, 1.82) is 5.26 Å². The van der Waals surface area contributed by atoms with Crippen LogP contribution in [-0.2, 0) is 4.79 Å². The van der Waals surface area contributed by atoms with Gasteiger partial charge in [-0.2, -0.15) is 5.26 Å². The van der Waals surface area contributed by atoms with E-state index in [-0.39, 0.29) is 11.7 Å². The van der Waals surface area contributed by atoms with E-state index in [1.54, 1.807) is 24.3 Å². The maximum Gasteiger partial charge on any atom is 0.234 e. The van der Waals surface area contributed by atoms with Crippen LogP contribution in [0, 0.1) is 11.3 Å². The van der Waals surface area contributed by atoms with Gasteiger partial charge in [0.1, 0.15) is 6.07 Å². The number of aromatic nitrogens is 2. The van der Waals surface area contributed by atoms with Gasteiger partial charge in [-0.25, -0.2) is 0 Å². The topological polar surface area (TPSA) is 90.7 Å². The lowest BCUT2D eigenvalue weighted by molar-refractivity contribution is -0.113. The van der Waals surface area contributed by atoms with E-state index in [0.29, 0.717) is 17.3 Å². The fourth-order valence-electron chi connectivity index (χ4n) is 2.75. The van der Waals surface area contributed by atoms with Crippen LogP contribution in [0.4, 0.5) is 10.8 Å². The van der Waals surface area contributed by atoms with Gasteiger partial charge in [-0.15, -0.1) is 10.2 Å². The minimum atomic E-state index is -0.162. The van der Waals surface area contributed by atoms with Gasteiger partial charge in [-0.1, -0.05) is 54.5 Å². The van der Waals surface area contributed by atoms with E-state index in [9.17, 15) is 4.79 Å². The van der Waals surface area contributed by atoms with Gasteiger partial charge in [0.25, 0.3) is 0 Å². The number of nitrogens with one attached hydrogen (secondary N) is 2. The van der Waals surface area contributed by atoms with Gasteiger partial charge in [0.05, 0.1) is 17.0 Å². The first-order valence-corrected chi connectivity index (χ1v) is 10.1. The van der Waals surface area contributed by atoms with E-state index in [1.807, 2.05) is 0 Å². The summed E-state index contributed by atoms with van der Waals surface area (Å²) in [5.74, 6) is 0.0716. The second-order valence-electron chi connectivity index (χ2n) is 5.85. The summed E-state index contributed by atoms with van der Waals surface area (Å²) in [5.41, 5.74) is 0.989. The monoisotopic (exact) mass is 373 g/mol. The Balaban J connectivity index is 1.48. The lowest BCUT2D eigenvalue weighted by atomic mass is 9.96. The number of hydrogen-bond donors (Lipinski definition) is 2. The molecule has 1 fully saturated rings. The Kier molecular flexibility index (Phi) is 6.25. The zero-order valence-electron chi connectivity index (χ0n) is 13.7. The van der Waals surface area contributed by atoms with E-state index in [2.05, 4.69) is 26.9 Å². The van der Waals surface area contributed by atoms with Crippen LogP contribution >= 0.6 is 23.1 Å². The van der Waals surface area contributed by atoms with Crippen molar-refractivity contribution in [2.75, 3.05) is 16.4 Å². The zero-order valence-corrected chi connectivity index (χ0v) is 15.3.